The second-order valence-corrected chi connectivity index (χ2v) is 4.98. The molecule has 1 aliphatic rings. The summed E-state index contributed by atoms with van der Waals surface area (Å²) in [6, 6.07) is 0. The molecular weight excluding hydrogens is 160 g/mol. The van der Waals surface area contributed by atoms with Crippen LogP contribution in [0.4, 0.5) is 0 Å². The zero-order valence-electron chi connectivity index (χ0n) is 9.14. The summed E-state index contributed by atoms with van der Waals surface area (Å²) in [5.41, 5.74) is 1.85. The van der Waals surface area contributed by atoms with Gasteiger partial charge in [0.05, 0.1) is 0 Å². The monoisotopic (exact) mass is 182 g/mol. The van der Waals surface area contributed by atoms with Crippen LogP contribution < -0.4 is 0 Å². The molecule has 76 valence electrons. The minimum Gasteiger partial charge on any atom is -0.396 e. The number of rotatable bonds is 3. The lowest BCUT2D eigenvalue weighted by atomic mass is 9.70. The summed E-state index contributed by atoms with van der Waals surface area (Å²) in [6.45, 7) is 7.10. The van der Waals surface area contributed by atoms with Gasteiger partial charge in [0.25, 0.3) is 0 Å². The van der Waals surface area contributed by atoms with E-state index in [1.165, 1.54) is 24.8 Å². The minimum atomic E-state index is 0.311. The van der Waals surface area contributed by atoms with Crippen LogP contribution in [-0.4, -0.2) is 11.7 Å². The van der Waals surface area contributed by atoms with Crippen molar-refractivity contribution in [2.24, 2.45) is 11.3 Å². The Morgan fingerprint density at radius 1 is 1.54 bits per heavy atom. The van der Waals surface area contributed by atoms with E-state index < -0.39 is 0 Å². The predicted octanol–water partition coefficient (Wildman–Crippen LogP) is 3.14. The summed E-state index contributed by atoms with van der Waals surface area (Å²) < 4.78 is 0. The third-order valence-corrected chi connectivity index (χ3v) is 3.50. The summed E-state index contributed by atoms with van der Waals surface area (Å²) in [7, 11) is 0. The first-order valence-electron chi connectivity index (χ1n) is 5.33. The second-order valence-electron chi connectivity index (χ2n) is 4.98. The van der Waals surface area contributed by atoms with Crippen molar-refractivity contribution >= 4 is 0 Å². The summed E-state index contributed by atoms with van der Waals surface area (Å²) in [6.07, 6.45) is 7.06. The van der Waals surface area contributed by atoms with Crippen molar-refractivity contribution < 1.29 is 5.11 Å². The standard InChI is InChI=1S/C12H22O/c1-10-4-6-11(7-5-10)12(2,3)8-9-13/h4,11,13H,5-9H2,1-3H3. The first kappa shape index (κ1) is 10.8. The molecule has 0 saturated heterocycles. The zero-order valence-corrected chi connectivity index (χ0v) is 9.14. The SMILES string of the molecule is CC1=CCC(C(C)(C)CCO)CC1. The predicted molar refractivity (Wildman–Crippen MR) is 56.6 cm³/mol. The Balaban J connectivity index is 2.53. The first-order chi connectivity index (χ1) is 6.06. The average molecular weight is 182 g/mol. The molecule has 0 amide bonds. The van der Waals surface area contributed by atoms with Gasteiger partial charge < -0.3 is 5.11 Å². The topological polar surface area (TPSA) is 20.2 Å². The normalized spacial score (nSPS) is 24.3. The van der Waals surface area contributed by atoms with Crippen LogP contribution in [0, 0.1) is 11.3 Å². The minimum absolute atomic E-state index is 0.311. The molecule has 0 fully saturated rings. The summed E-state index contributed by atoms with van der Waals surface area (Å²) in [5, 5.41) is 8.97. The van der Waals surface area contributed by atoms with Gasteiger partial charge in [0.2, 0.25) is 0 Å². The Morgan fingerprint density at radius 3 is 2.69 bits per heavy atom. The van der Waals surface area contributed by atoms with E-state index in [9.17, 15) is 0 Å². The van der Waals surface area contributed by atoms with Gasteiger partial charge in [-0.25, -0.2) is 0 Å². The molecule has 0 bridgehead atoms. The molecule has 1 aliphatic carbocycles. The zero-order chi connectivity index (χ0) is 9.90. The van der Waals surface area contributed by atoms with Gasteiger partial charge in [0.15, 0.2) is 0 Å². The fourth-order valence-electron chi connectivity index (χ4n) is 2.17. The smallest absolute Gasteiger partial charge is 0.0436 e. The van der Waals surface area contributed by atoms with Gasteiger partial charge in [-0.05, 0) is 43.9 Å². The summed E-state index contributed by atoms with van der Waals surface area (Å²) in [4.78, 5) is 0. The van der Waals surface area contributed by atoms with Crippen LogP contribution >= 0.6 is 0 Å². The molecule has 0 spiro atoms. The molecule has 0 heterocycles. The van der Waals surface area contributed by atoms with Crippen LogP contribution in [-0.2, 0) is 0 Å². The van der Waals surface area contributed by atoms with Gasteiger partial charge >= 0.3 is 0 Å². The molecule has 0 aromatic carbocycles. The van der Waals surface area contributed by atoms with Crippen molar-refractivity contribution in [2.45, 2.75) is 46.5 Å². The van der Waals surface area contributed by atoms with E-state index in [2.05, 4.69) is 26.8 Å². The van der Waals surface area contributed by atoms with Crippen molar-refractivity contribution in [3.8, 4) is 0 Å². The van der Waals surface area contributed by atoms with E-state index in [0.717, 1.165) is 12.3 Å². The van der Waals surface area contributed by atoms with E-state index in [-0.39, 0.29) is 0 Å². The van der Waals surface area contributed by atoms with Gasteiger partial charge in [0, 0.05) is 6.61 Å². The molecule has 13 heavy (non-hydrogen) atoms. The van der Waals surface area contributed by atoms with E-state index in [1.807, 2.05) is 0 Å². The number of hydrogen-bond donors (Lipinski definition) is 1. The van der Waals surface area contributed by atoms with Crippen molar-refractivity contribution in [3.05, 3.63) is 11.6 Å². The van der Waals surface area contributed by atoms with Crippen LogP contribution in [0.1, 0.15) is 46.5 Å². The van der Waals surface area contributed by atoms with E-state index >= 15 is 0 Å². The van der Waals surface area contributed by atoms with Gasteiger partial charge in [-0.2, -0.15) is 0 Å². The van der Waals surface area contributed by atoms with Crippen LogP contribution in [0.3, 0.4) is 0 Å². The Hall–Kier alpha value is -0.300. The van der Waals surface area contributed by atoms with E-state index in [0.29, 0.717) is 12.0 Å². The maximum Gasteiger partial charge on any atom is 0.0436 e. The molecule has 0 radical (unpaired) electrons. The highest BCUT2D eigenvalue weighted by atomic mass is 16.3. The van der Waals surface area contributed by atoms with Crippen molar-refractivity contribution in [1.29, 1.82) is 0 Å². The van der Waals surface area contributed by atoms with Crippen LogP contribution in [0.15, 0.2) is 11.6 Å². The molecule has 1 N–H and O–H groups in total. The quantitative estimate of drug-likeness (QED) is 0.665. The molecule has 0 aromatic heterocycles. The molecule has 1 atom stereocenters. The fraction of sp³-hybridized carbons (Fsp3) is 0.833. The highest BCUT2D eigenvalue weighted by molar-refractivity contribution is 5.04. The molecule has 1 nitrogen and oxygen atoms in total. The lowest BCUT2D eigenvalue weighted by molar-refractivity contribution is 0.135. The third kappa shape index (κ3) is 2.84. The van der Waals surface area contributed by atoms with Crippen LogP contribution in [0.2, 0.25) is 0 Å². The Kier molecular flexibility index (Phi) is 3.55. The molecule has 1 unspecified atom stereocenters. The van der Waals surface area contributed by atoms with Crippen LogP contribution in [0.25, 0.3) is 0 Å². The van der Waals surface area contributed by atoms with Crippen LogP contribution in [0.5, 0.6) is 0 Å². The summed E-state index contributed by atoms with van der Waals surface area (Å²) >= 11 is 0. The molecule has 1 rings (SSSR count). The van der Waals surface area contributed by atoms with Gasteiger partial charge in [-0.15, -0.1) is 0 Å². The summed E-state index contributed by atoms with van der Waals surface area (Å²) in [5.74, 6) is 0.767. The number of hydrogen-bond acceptors (Lipinski definition) is 1. The highest BCUT2D eigenvalue weighted by Gasteiger charge is 2.29. The Labute approximate surface area is 81.9 Å². The maximum atomic E-state index is 8.97. The largest absolute Gasteiger partial charge is 0.396 e. The lowest BCUT2D eigenvalue weighted by Gasteiger charge is -2.35. The molecule has 0 saturated carbocycles. The Bertz CT molecular complexity index is 191. The first-order valence-corrected chi connectivity index (χ1v) is 5.33. The fourth-order valence-corrected chi connectivity index (χ4v) is 2.17. The molecular formula is C12H22O. The van der Waals surface area contributed by atoms with Gasteiger partial charge in [-0.3, -0.25) is 0 Å². The third-order valence-electron chi connectivity index (χ3n) is 3.50. The Morgan fingerprint density at radius 2 is 2.23 bits per heavy atom. The van der Waals surface area contributed by atoms with E-state index in [1.54, 1.807) is 0 Å². The van der Waals surface area contributed by atoms with Crippen molar-refractivity contribution in [2.75, 3.05) is 6.61 Å². The lowest BCUT2D eigenvalue weighted by Crippen LogP contribution is -2.26. The number of aliphatic hydroxyl groups is 1. The van der Waals surface area contributed by atoms with Gasteiger partial charge in [-0.1, -0.05) is 25.5 Å². The van der Waals surface area contributed by atoms with Crippen molar-refractivity contribution in [3.63, 3.8) is 0 Å². The number of allylic oxidation sites excluding steroid dienone is 2. The van der Waals surface area contributed by atoms with E-state index in [4.69, 9.17) is 5.11 Å². The second kappa shape index (κ2) is 4.28. The maximum absolute atomic E-state index is 8.97. The molecule has 0 aliphatic heterocycles. The number of aliphatic hydroxyl groups excluding tert-OH is 1. The molecule has 0 aromatic rings. The highest BCUT2D eigenvalue weighted by Crippen LogP contribution is 2.39. The molecule has 1 heteroatoms. The van der Waals surface area contributed by atoms with Crippen molar-refractivity contribution in [1.82, 2.24) is 0 Å². The van der Waals surface area contributed by atoms with Gasteiger partial charge in [0.1, 0.15) is 0 Å². The average Bonchev–Trinajstić information content (AvgIpc) is 2.05.